The van der Waals surface area contributed by atoms with Crippen LogP contribution >= 0.6 is 0 Å². The first-order valence-corrected chi connectivity index (χ1v) is 8.60. The molecule has 0 aromatic carbocycles. The zero-order valence-electron chi connectivity index (χ0n) is 14.4. The van der Waals surface area contributed by atoms with E-state index in [4.69, 9.17) is 4.74 Å². The molecule has 1 aromatic rings. The zero-order valence-corrected chi connectivity index (χ0v) is 14.4. The molecule has 1 amide bonds. The van der Waals surface area contributed by atoms with Crippen LogP contribution in [0.4, 0.5) is 0 Å². The van der Waals surface area contributed by atoms with Crippen molar-refractivity contribution in [2.75, 3.05) is 19.7 Å². The number of nitrogens with one attached hydrogen (secondary N) is 1. The lowest BCUT2D eigenvalue weighted by molar-refractivity contribution is -0.136. The third-order valence-electron chi connectivity index (χ3n) is 5.29. The van der Waals surface area contributed by atoms with Gasteiger partial charge in [-0.15, -0.1) is 0 Å². The summed E-state index contributed by atoms with van der Waals surface area (Å²) in [6, 6.07) is 0. The van der Waals surface area contributed by atoms with Crippen molar-refractivity contribution in [2.45, 2.75) is 58.5 Å². The minimum atomic E-state index is -0.116. The van der Waals surface area contributed by atoms with Crippen LogP contribution in [0.1, 0.15) is 49.6 Å². The minimum absolute atomic E-state index is 0.116. The summed E-state index contributed by atoms with van der Waals surface area (Å²) < 4.78 is 6.02. The number of aryl methyl sites for hydroxylation is 2. The predicted octanol–water partition coefficient (Wildman–Crippen LogP) is 2.69. The smallest absolute Gasteiger partial charge is 0.222 e. The summed E-state index contributed by atoms with van der Waals surface area (Å²) in [5, 5.41) is 7.27. The zero-order chi connectivity index (χ0) is 16.4. The van der Waals surface area contributed by atoms with Gasteiger partial charge in [-0.25, -0.2) is 0 Å². The highest BCUT2D eigenvalue weighted by Crippen LogP contribution is 2.33. The van der Waals surface area contributed by atoms with E-state index in [1.807, 2.05) is 11.8 Å². The Labute approximate surface area is 138 Å². The number of hydrogen-bond donors (Lipinski definition) is 1. The number of hydrogen-bond acceptors (Lipinski definition) is 3. The summed E-state index contributed by atoms with van der Waals surface area (Å²) in [5.41, 5.74) is 4.57. The Balaban J connectivity index is 1.52. The molecule has 0 unspecified atom stereocenters. The molecule has 0 aliphatic carbocycles. The fourth-order valence-corrected chi connectivity index (χ4v) is 3.56. The molecule has 1 saturated heterocycles. The largest absolute Gasteiger partial charge is 0.370 e. The number of amides is 1. The van der Waals surface area contributed by atoms with Crippen LogP contribution in [0, 0.1) is 13.8 Å². The molecule has 3 heterocycles. The second-order valence-corrected chi connectivity index (χ2v) is 6.96. The summed E-state index contributed by atoms with van der Waals surface area (Å²) in [6.45, 7) is 8.64. The molecular formula is C18H27N3O2. The molecule has 0 saturated carbocycles. The van der Waals surface area contributed by atoms with Gasteiger partial charge in [0.25, 0.3) is 0 Å². The van der Waals surface area contributed by atoms with Crippen LogP contribution in [-0.2, 0) is 16.0 Å². The summed E-state index contributed by atoms with van der Waals surface area (Å²) in [6.07, 6.45) is 6.40. The van der Waals surface area contributed by atoms with E-state index < -0.39 is 0 Å². The van der Waals surface area contributed by atoms with Crippen molar-refractivity contribution in [1.82, 2.24) is 15.1 Å². The third-order valence-corrected chi connectivity index (χ3v) is 5.29. The summed E-state index contributed by atoms with van der Waals surface area (Å²) >= 11 is 0. The molecule has 1 spiro atoms. The van der Waals surface area contributed by atoms with Crippen LogP contribution in [0.3, 0.4) is 0 Å². The Kier molecular flexibility index (Phi) is 4.57. The normalized spacial score (nSPS) is 20.7. The quantitative estimate of drug-likeness (QED) is 0.872. The monoisotopic (exact) mass is 317 g/mol. The molecule has 2 aliphatic heterocycles. The number of rotatable bonds is 3. The lowest BCUT2D eigenvalue weighted by Crippen LogP contribution is -2.48. The molecule has 126 valence electrons. The fourth-order valence-electron chi connectivity index (χ4n) is 3.56. The Morgan fingerprint density at radius 2 is 2.09 bits per heavy atom. The third kappa shape index (κ3) is 3.50. The molecule has 0 atom stereocenters. The van der Waals surface area contributed by atoms with Crippen LogP contribution in [0.25, 0.3) is 0 Å². The molecule has 1 N–H and O–H groups in total. The molecule has 2 aliphatic rings. The van der Waals surface area contributed by atoms with E-state index >= 15 is 0 Å². The van der Waals surface area contributed by atoms with Crippen LogP contribution in [0.5, 0.6) is 0 Å². The van der Waals surface area contributed by atoms with Gasteiger partial charge in [-0.3, -0.25) is 9.89 Å². The van der Waals surface area contributed by atoms with Gasteiger partial charge in [0.1, 0.15) is 0 Å². The Bertz CT molecular complexity index is 610. The Hall–Kier alpha value is -1.62. The number of ether oxygens (including phenoxy) is 1. The summed E-state index contributed by atoms with van der Waals surface area (Å²) in [7, 11) is 0. The number of aromatic nitrogens is 2. The second kappa shape index (κ2) is 6.48. The van der Waals surface area contributed by atoms with Crippen molar-refractivity contribution < 1.29 is 9.53 Å². The number of piperidine rings is 1. The highest BCUT2D eigenvalue weighted by molar-refractivity contribution is 5.76. The minimum Gasteiger partial charge on any atom is -0.370 e. The first kappa shape index (κ1) is 16.2. The molecular weight excluding hydrogens is 290 g/mol. The van der Waals surface area contributed by atoms with Crippen molar-refractivity contribution in [2.24, 2.45) is 0 Å². The number of carbonyl (C=O) groups is 1. The lowest BCUT2D eigenvalue weighted by Gasteiger charge is -2.42. The van der Waals surface area contributed by atoms with Gasteiger partial charge >= 0.3 is 0 Å². The maximum Gasteiger partial charge on any atom is 0.222 e. The topological polar surface area (TPSA) is 58.2 Å². The van der Waals surface area contributed by atoms with Crippen LogP contribution in [-0.4, -0.2) is 46.3 Å². The van der Waals surface area contributed by atoms with E-state index in [0.29, 0.717) is 12.8 Å². The lowest BCUT2D eigenvalue weighted by atomic mass is 9.87. The molecule has 0 radical (unpaired) electrons. The number of aromatic amines is 1. The first-order valence-electron chi connectivity index (χ1n) is 8.60. The van der Waals surface area contributed by atoms with E-state index in [1.54, 1.807) is 0 Å². The fraction of sp³-hybridized carbons (Fsp3) is 0.667. The first-order chi connectivity index (χ1) is 11.0. The molecule has 3 rings (SSSR count). The van der Waals surface area contributed by atoms with E-state index in [-0.39, 0.29) is 11.5 Å². The molecule has 5 nitrogen and oxygen atoms in total. The molecule has 0 bridgehead atoms. The average molecular weight is 317 g/mol. The van der Waals surface area contributed by atoms with Crippen LogP contribution in [0.2, 0.25) is 0 Å². The van der Waals surface area contributed by atoms with Gasteiger partial charge in [0, 0.05) is 31.6 Å². The van der Waals surface area contributed by atoms with Crippen molar-refractivity contribution in [3.05, 3.63) is 28.6 Å². The van der Waals surface area contributed by atoms with Gasteiger partial charge < -0.3 is 9.64 Å². The standard InChI is InChI=1S/C18H27N3O2/c1-13-6-11-23-18(12-13)7-9-21(10-8-18)17(22)5-4-16-14(2)15(3)19-20-16/h12H,4-11H2,1-3H3,(H,19,20). The molecule has 1 fully saturated rings. The van der Waals surface area contributed by atoms with Crippen molar-refractivity contribution in [3.8, 4) is 0 Å². The van der Waals surface area contributed by atoms with Gasteiger partial charge in [-0.2, -0.15) is 5.10 Å². The van der Waals surface area contributed by atoms with Crippen LogP contribution < -0.4 is 0 Å². The van der Waals surface area contributed by atoms with Crippen molar-refractivity contribution >= 4 is 5.91 Å². The predicted molar refractivity (Wildman–Crippen MR) is 89.3 cm³/mol. The molecule has 5 heteroatoms. The average Bonchev–Trinajstić information content (AvgIpc) is 2.85. The van der Waals surface area contributed by atoms with Gasteiger partial charge in [0.15, 0.2) is 0 Å². The van der Waals surface area contributed by atoms with E-state index in [2.05, 4.69) is 30.1 Å². The number of H-pyrrole nitrogens is 1. The summed E-state index contributed by atoms with van der Waals surface area (Å²) in [5.74, 6) is 0.233. The number of carbonyl (C=O) groups excluding carboxylic acids is 1. The summed E-state index contributed by atoms with van der Waals surface area (Å²) in [4.78, 5) is 14.4. The molecule has 23 heavy (non-hydrogen) atoms. The number of nitrogens with zero attached hydrogens (tertiary/aromatic N) is 2. The maximum atomic E-state index is 12.5. The van der Waals surface area contributed by atoms with E-state index in [9.17, 15) is 4.79 Å². The maximum absolute atomic E-state index is 12.5. The van der Waals surface area contributed by atoms with Gasteiger partial charge in [-0.1, -0.05) is 11.6 Å². The van der Waals surface area contributed by atoms with Gasteiger partial charge in [-0.05, 0) is 45.6 Å². The Morgan fingerprint density at radius 1 is 1.35 bits per heavy atom. The van der Waals surface area contributed by atoms with Crippen molar-refractivity contribution in [1.29, 1.82) is 0 Å². The van der Waals surface area contributed by atoms with Crippen LogP contribution in [0.15, 0.2) is 11.6 Å². The van der Waals surface area contributed by atoms with Gasteiger partial charge in [0.05, 0.1) is 17.9 Å². The Morgan fingerprint density at radius 3 is 2.70 bits per heavy atom. The SMILES string of the molecule is CC1=CC2(CCN(C(=O)CCc3n[nH]c(C)c3C)CC2)OCC1. The second-order valence-electron chi connectivity index (χ2n) is 6.96. The highest BCUT2D eigenvalue weighted by Gasteiger charge is 2.36. The van der Waals surface area contributed by atoms with Crippen molar-refractivity contribution in [3.63, 3.8) is 0 Å². The van der Waals surface area contributed by atoms with E-state index in [0.717, 1.165) is 50.3 Å². The van der Waals surface area contributed by atoms with Gasteiger partial charge in [0.2, 0.25) is 5.91 Å². The highest BCUT2D eigenvalue weighted by atomic mass is 16.5. The number of likely N-dealkylation sites (tertiary alicyclic amines) is 1. The molecule has 1 aromatic heterocycles. The van der Waals surface area contributed by atoms with E-state index in [1.165, 1.54) is 11.1 Å².